The van der Waals surface area contributed by atoms with Gasteiger partial charge < -0.3 is 4.74 Å². The molecule has 0 spiro atoms. The van der Waals surface area contributed by atoms with Gasteiger partial charge in [-0.3, -0.25) is 0 Å². The van der Waals surface area contributed by atoms with Crippen LogP contribution in [0.15, 0.2) is 36.4 Å². The van der Waals surface area contributed by atoms with Crippen LogP contribution in [-0.2, 0) is 0 Å². The lowest BCUT2D eigenvalue weighted by Crippen LogP contribution is -1.91. The maximum absolute atomic E-state index is 5.33. The summed E-state index contributed by atoms with van der Waals surface area (Å²) in [5.41, 5.74) is 1.48. The van der Waals surface area contributed by atoms with Crippen molar-refractivity contribution in [1.82, 2.24) is 0 Å². The summed E-state index contributed by atoms with van der Waals surface area (Å²) in [5.74, 6) is 2.25. The second-order valence-corrected chi connectivity index (χ2v) is 5.75. The molecule has 2 aromatic rings. The van der Waals surface area contributed by atoms with E-state index in [2.05, 4.69) is 42.1 Å². The number of ether oxygens (including phenoxy) is 1. The molecule has 1 nitrogen and oxygen atoms in total. The van der Waals surface area contributed by atoms with E-state index in [-0.39, 0.29) is 0 Å². The van der Waals surface area contributed by atoms with E-state index in [1.54, 1.807) is 7.11 Å². The van der Waals surface area contributed by atoms with Gasteiger partial charge in [0.1, 0.15) is 5.75 Å². The average molecular weight is 244 g/mol. The first kappa shape index (κ1) is 11.0. The number of fused-ring (bicyclic) bond motifs is 1. The monoisotopic (exact) mass is 244 g/mol. The Kier molecular flexibility index (Phi) is 2.98. The third-order valence-electron chi connectivity index (χ3n) is 3.40. The molecule has 2 aromatic carbocycles. The molecule has 0 saturated carbocycles. The Bertz CT molecular complexity index is 529. The second kappa shape index (κ2) is 4.61. The summed E-state index contributed by atoms with van der Waals surface area (Å²) in [4.78, 5) is 0. The molecule has 0 N–H and O–H groups in total. The summed E-state index contributed by atoms with van der Waals surface area (Å²) >= 11 is 2.08. The van der Waals surface area contributed by atoms with E-state index in [0.717, 1.165) is 5.75 Å². The van der Waals surface area contributed by atoms with Crippen molar-refractivity contribution >= 4 is 22.5 Å². The summed E-state index contributed by atoms with van der Waals surface area (Å²) < 4.78 is 5.33. The molecule has 0 amide bonds. The van der Waals surface area contributed by atoms with Crippen LogP contribution in [0.5, 0.6) is 5.75 Å². The molecule has 17 heavy (non-hydrogen) atoms. The topological polar surface area (TPSA) is 9.23 Å². The summed E-state index contributed by atoms with van der Waals surface area (Å²) in [6.45, 7) is 0. The number of hydrogen-bond donors (Lipinski definition) is 0. The van der Waals surface area contributed by atoms with Crippen molar-refractivity contribution in [2.24, 2.45) is 0 Å². The van der Waals surface area contributed by atoms with Crippen LogP contribution in [0, 0.1) is 0 Å². The minimum atomic E-state index is 0.672. The van der Waals surface area contributed by atoms with E-state index in [1.807, 2.05) is 6.07 Å². The van der Waals surface area contributed by atoms with Crippen LogP contribution in [0.1, 0.15) is 23.7 Å². The Balaban J connectivity index is 2.15. The third-order valence-corrected chi connectivity index (χ3v) is 4.82. The molecular formula is C15H16OS. The van der Waals surface area contributed by atoms with Gasteiger partial charge in [-0.15, -0.1) is 0 Å². The maximum Gasteiger partial charge on any atom is 0.119 e. The van der Waals surface area contributed by atoms with Crippen molar-refractivity contribution in [3.63, 3.8) is 0 Å². The minimum Gasteiger partial charge on any atom is -0.497 e. The standard InChI is InChI=1S/C15H16OS/c1-16-12-8-7-11-4-2-5-13(14(11)10-12)15-6-3-9-17-15/h2,4-5,7-8,10,15H,3,6,9H2,1H3. The normalized spacial score (nSPS) is 19.7. The first-order valence-electron chi connectivity index (χ1n) is 6.07. The molecule has 88 valence electrons. The van der Waals surface area contributed by atoms with Crippen LogP contribution in [0.2, 0.25) is 0 Å². The molecule has 1 fully saturated rings. The van der Waals surface area contributed by atoms with Gasteiger partial charge in [0.15, 0.2) is 0 Å². The van der Waals surface area contributed by atoms with Crippen LogP contribution < -0.4 is 4.74 Å². The first-order valence-corrected chi connectivity index (χ1v) is 7.11. The lowest BCUT2D eigenvalue weighted by molar-refractivity contribution is 0.415. The molecule has 1 aliphatic rings. The summed E-state index contributed by atoms with van der Waals surface area (Å²) in [6.07, 6.45) is 2.65. The summed E-state index contributed by atoms with van der Waals surface area (Å²) in [5, 5.41) is 3.34. The van der Waals surface area contributed by atoms with E-state index < -0.39 is 0 Å². The molecule has 0 bridgehead atoms. The van der Waals surface area contributed by atoms with E-state index >= 15 is 0 Å². The van der Waals surface area contributed by atoms with Crippen molar-refractivity contribution in [3.8, 4) is 5.75 Å². The third kappa shape index (κ3) is 2.02. The molecule has 0 aromatic heterocycles. The largest absolute Gasteiger partial charge is 0.497 e. The second-order valence-electron chi connectivity index (χ2n) is 4.44. The van der Waals surface area contributed by atoms with Crippen LogP contribution in [-0.4, -0.2) is 12.9 Å². The number of hydrogen-bond acceptors (Lipinski definition) is 2. The van der Waals surface area contributed by atoms with E-state index in [9.17, 15) is 0 Å². The molecule has 1 saturated heterocycles. The molecule has 1 unspecified atom stereocenters. The van der Waals surface area contributed by atoms with Crippen LogP contribution >= 0.6 is 11.8 Å². The van der Waals surface area contributed by atoms with Gasteiger partial charge in [0, 0.05) is 5.25 Å². The fourth-order valence-corrected chi connectivity index (χ4v) is 3.84. The van der Waals surface area contributed by atoms with Gasteiger partial charge in [0.05, 0.1) is 7.11 Å². The van der Waals surface area contributed by atoms with Crippen molar-refractivity contribution in [1.29, 1.82) is 0 Å². The molecule has 2 heteroatoms. The molecule has 0 aliphatic carbocycles. The molecule has 1 heterocycles. The number of methoxy groups -OCH3 is 1. The SMILES string of the molecule is COc1ccc2cccc(C3CCCS3)c2c1. The summed E-state index contributed by atoms with van der Waals surface area (Å²) in [7, 11) is 1.73. The molecule has 0 radical (unpaired) electrons. The fraction of sp³-hybridized carbons (Fsp3) is 0.333. The van der Waals surface area contributed by atoms with Gasteiger partial charge in [0.2, 0.25) is 0 Å². The van der Waals surface area contributed by atoms with Crippen LogP contribution in [0.3, 0.4) is 0 Å². The lowest BCUT2D eigenvalue weighted by atomic mass is 10.00. The van der Waals surface area contributed by atoms with Gasteiger partial charge in [-0.05, 0) is 47.1 Å². The predicted octanol–water partition coefficient (Wildman–Crippen LogP) is 4.42. The summed E-state index contributed by atoms with van der Waals surface area (Å²) in [6, 6.07) is 13.0. The number of benzene rings is 2. The predicted molar refractivity (Wildman–Crippen MR) is 74.9 cm³/mol. The van der Waals surface area contributed by atoms with Crippen LogP contribution in [0.4, 0.5) is 0 Å². The molecule has 1 atom stereocenters. The Morgan fingerprint density at radius 2 is 2.18 bits per heavy atom. The highest BCUT2D eigenvalue weighted by molar-refractivity contribution is 7.99. The Morgan fingerprint density at radius 1 is 1.24 bits per heavy atom. The van der Waals surface area contributed by atoms with Crippen molar-refractivity contribution in [2.45, 2.75) is 18.1 Å². The Morgan fingerprint density at radius 3 is 2.94 bits per heavy atom. The zero-order valence-corrected chi connectivity index (χ0v) is 10.8. The highest BCUT2D eigenvalue weighted by Gasteiger charge is 2.19. The van der Waals surface area contributed by atoms with Crippen molar-refractivity contribution in [3.05, 3.63) is 42.0 Å². The minimum absolute atomic E-state index is 0.672. The quantitative estimate of drug-likeness (QED) is 0.773. The van der Waals surface area contributed by atoms with Gasteiger partial charge >= 0.3 is 0 Å². The zero-order chi connectivity index (χ0) is 11.7. The highest BCUT2D eigenvalue weighted by Crippen LogP contribution is 2.42. The fourth-order valence-electron chi connectivity index (χ4n) is 2.51. The maximum atomic E-state index is 5.33. The first-order chi connectivity index (χ1) is 8.38. The Labute approximate surface area is 106 Å². The van der Waals surface area contributed by atoms with Crippen LogP contribution in [0.25, 0.3) is 10.8 Å². The molecular weight excluding hydrogens is 228 g/mol. The Hall–Kier alpha value is -1.15. The smallest absolute Gasteiger partial charge is 0.119 e. The number of rotatable bonds is 2. The van der Waals surface area contributed by atoms with E-state index in [4.69, 9.17) is 4.74 Å². The lowest BCUT2D eigenvalue weighted by Gasteiger charge is -2.13. The van der Waals surface area contributed by atoms with Crippen molar-refractivity contribution in [2.75, 3.05) is 12.9 Å². The molecule has 1 aliphatic heterocycles. The highest BCUT2D eigenvalue weighted by atomic mass is 32.2. The van der Waals surface area contributed by atoms with Crippen molar-refractivity contribution < 1.29 is 4.74 Å². The molecule has 3 rings (SSSR count). The van der Waals surface area contributed by atoms with Gasteiger partial charge in [0.25, 0.3) is 0 Å². The average Bonchev–Trinajstić information content (AvgIpc) is 2.91. The van der Waals surface area contributed by atoms with E-state index in [1.165, 1.54) is 34.9 Å². The number of thioether (sulfide) groups is 1. The van der Waals surface area contributed by atoms with Gasteiger partial charge in [-0.25, -0.2) is 0 Å². The zero-order valence-electron chi connectivity index (χ0n) is 9.98. The van der Waals surface area contributed by atoms with Gasteiger partial charge in [-0.2, -0.15) is 11.8 Å². The van der Waals surface area contributed by atoms with E-state index in [0.29, 0.717) is 5.25 Å². The van der Waals surface area contributed by atoms with Gasteiger partial charge in [-0.1, -0.05) is 24.3 Å².